The highest BCUT2D eigenvalue weighted by Gasteiger charge is 2.33. The van der Waals surface area contributed by atoms with E-state index in [1.165, 1.54) is 20.8 Å². The number of amides is 1. The Balaban J connectivity index is 1.38. The molecular formula is C24H29FN2O3S. The molecule has 5 nitrogen and oxygen atoms in total. The van der Waals surface area contributed by atoms with Crippen LogP contribution in [0.4, 0.5) is 4.39 Å². The Kier molecular flexibility index (Phi) is 6.44. The third-order valence-electron chi connectivity index (χ3n) is 6.50. The number of fused-ring (bicyclic) bond motifs is 1. The fraction of sp³-hybridized carbons (Fsp3) is 0.458. The van der Waals surface area contributed by atoms with E-state index < -0.39 is 10.0 Å². The Morgan fingerprint density at radius 1 is 1.06 bits per heavy atom. The molecule has 0 aromatic heterocycles. The molecule has 0 bridgehead atoms. The summed E-state index contributed by atoms with van der Waals surface area (Å²) in [6, 6.07) is 11.9. The summed E-state index contributed by atoms with van der Waals surface area (Å²) in [6.07, 6.45) is 5.17. The summed E-state index contributed by atoms with van der Waals surface area (Å²) in [4.78, 5) is 14.7. The second-order valence-corrected chi connectivity index (χ2v) is 10.5. The maximum absolute atomic E-state index is 13.9. The van der Waals surface area contributed by atoms with Crippen molar-refractivity contribution in [1.29, 1.82) is 0 Å². The second-order valence-electron chi connectivity index (χ2n) is 8.60. The van der Waals surface area contributed by atoms with Crippen LogP contribution in [0.3, 0.4) is 0 Å². The number of aryl methyl sites for hydroxylation is 2. The SMILES string of the molecule is CN(Cc1ccccc1F)C(=O)C1CCN(S(=O)(=O)c2ccc3c(c2)CCCC3)CC1. The number of carbonyl (C=O) groups is 1. The van der Waals surface area contributed by atoms with E-state index in [1.807, 2.05) is 12.1 Å². The fourth-order valence-corrected chi connectivity index (χ4v) is 6.16. The Morgan fingerprint density at radius 3 is 2.45 bits per heavy atom. The fourth-order valence-electron chi connectivity index (χ4n) is 4.63. The van der Waals surface area contributed by atoms with Crippen molar-refractivity contribution in [2.75, 3.05) is 20.1 Å². The molecule has 2 aromatic carbocycles. The summed E-state index contributed by atoms with van der Waals surface area (Å²) in [5.41, 5.74) is 2.88. The van der Waals surface area contributed by atoms with Crippen molar-refractivity contribution in [2.45, 2.75) is 50.0 Å². The minimum absolute atomic E-state index is 0.0610. The van der Waals surface area contributed by atoms with Crippen LogP contribution in [0.25, 0.3) is 0 Å². The van der Waals surface area contributed by atoms with Crippen LogP contribution in [-0.4, -0.2) is 43.7 Å². The molecule has 1 amide bonds. The van der Waals surface area contributed by atoms with Gasteiger partial charge in [0.2, 0.25) is 15.9 Å². The molecule has 1 aliphatic heterocycles. The molecule has 1 fully saturated rings. The highest BCUT2D eigenvalue weighted by Crippen LogP contribution is 2.29. The minimum Gasteiger partial charge on any atom is -0.341 e. The van der Waals surface area contributed by atoms with E-state index in [0.717, 1.165) is 31.2 Å². The van der Waals surface area contributed by atoms with Gasteiger partial charge in [-0.15, -0.1) is 0 Å². The van der Waals surface area contributed by atoms with Crippen molar-refractivity contribution < 1.29 is 17.6 Å². The summed E-state index contributed by atoms with van der Waals surface area (Å²) in [5, 5.41) is 0. The molecule has 31 heavy (non-hydrogen) atoms. The zero-order valence-corrected chi connectivity index (χ0v) is 18.7. The Hall–Kier alpha value is -2.25. The number of hydrogen-bond acceptors (Lipinski definition) is 3. The van der Waals surface area contributed by atoms with Gasteiger partial charge in [0, 0.05) is 38.2 Å². The number of sulfonamides is 1. The summed E-state index contributed by atoms with van der Waals surface area (Å²) >= 11 is 0. The third kappa shape index (κ3) is 4.67. The van der Waals surface area contributed by atoms with Gasteiger partial charge in [0.25, 0.3) is 0 Å². The van der Waals surface area contributed by atoms with Crippen LogP contribution in [0.15, 0.2) is 47.4 Å². The summed E-state index contributed by atoms with van der Waals surface area (Å²) in [5.74, 6) is -0.631. The van der Waals surface area contributed by atoms with Gasteiger partial charge in [-0.05, 0) is 67.9 Å². The molecule has 0 spiro atoms. The van der Waals surface area contributed by atoms with Crippen molar-refractivity contribution in [1.82, 2.24) is 9.21 Å². The number of hydrogen-bond donors (Lipinski definition) is 0. The van der Waals surface area contributed by atoms with Gasteiger partial charge in [0.05, 0.1) is 4.90 Å². The molecule has 166 valence electrons. The van der Waals surface area contributed by atoms with Crippen LogP contribution >= 0.6 is 0 Å². The quantitative estimate of drug-likeness (QED) is 0.706. The average molecular weight is 445 g/mol. The number of nitrogens with zero attached hydrogens (tertiary/aromatic N) is 2. The van der Waals surface area contributed by atoms with E-state index >= 15 is 0 Å². The predicted octanol–water partition coefficient (Wildman–Crippen LogP) is 3.76. The smallest absolute Gasteiger partial charge is 0.243 e. The second kappa shape index (κ2) is 9.09. The van der Waals surface area contributed by atoms with Crippen LogP contribution in [0, 0.1) is 11.7 Å². The number of carbonyl (C=O) groups excluding carboxylic acids is 1. The van der Waals surface area contributed by atoms with Gasteiger partial charge in [-0.25, -0.2) is 12.8 Å². The van der Waals surface area contributed by atoms with Gasteiger partial charge >= 0.3 is 0 Å². The van der Waals surface area contributed by atoms with Gasteiger partial charge in [0.1, 0.15) is 5.82 Å². The van der Waals surface area contributed by atoms with E-state index in [4.69, 9.17) is 0 Å². The zero-order chi connectivity index (χ0) is 22.0. The maximum Gasteiger partial charge on any atom is 0.243 e. The first-order valence-corrected chi connectivity index (χ1v) is 12.4. The van der Waals surface area contributed by atoms with Crippen molar-refractivity contribution in [3.8, 4) is 0 Å². The van der Waals surface area contributed by atoms with Crippen molar-refractivity contribution in [3.05, 3.63) is 65.0 Å². The first-order chi connectivity index (χ1) is 14.9. The van der Waals surface area contributed by atoms with E-state index in [1.54, 1.807) is 31.3 Å². The maximum atomic E-state index is 13.9. The highest BCUT2D eigenvalue weighted by atomic mass is 32.2. The first-order valence-electron chi connectivity index (χ1n) is 11.0. The number of halogens is 1. The summed E-state index contributed by atoms with van der Waals surface area (Å²) in [6.45, 7) is 0.853. The van der Waals surface area contributed by atoms with Crippen LogP contribution in [0.2, 0.25) is 0 Å². The lowest BCUT2D eigenvalue weighted by molar-refractivity contribution is -0.136. The van der Waals surface area contributed by atoms with Crippen LogP contribution < -0.4 is 0 Å². The normalized spacial score (nSPS) is 17.9. The molecule has 2 aliphatic rings. The molecule has 2 aromatic rings. The van der Waals surface area contributed by atoms with Crippen molar-refractivity contribution >= 4 is 15.9 Å². The monoisotopic (exact) mass is 444 g/mol. The minimum atomic E-state index is -3.56. The van der Waals surface area contributed by atoms with Gasteiger partial charge in [-0.3, -0.25) is 4.79 Å². The summed E-state index contributed by atoms with van der Waals surface area (Å²) < 4.78 is 41.7. The largest absolute Gasteiger partial charge is 0.341 e. The lowest BCUT2D eigenvalue weighted by atomic mass is 9.92. The lowest BCUT2D eigenvalue weighted by Crippen LogP contribution is -2.43. The molecule has 0 saturated carbocycles. The molecule has 0 atom stereocenters. The van der Waals surface area contributed by atoms with Gasteiger partial charge in [-0.2, -0.15) is 4.31 Å². The molecule has 4 rings (SSSR count). The Bertz CT molecular complexity index is 1060. The Morgan fingerprint density at radius 2 is 1.74 bits per heavy atom. The third-order valence-corrected chi connectivity index (χ3v) is 8.40. The van der Waals surface area contributed by atoms with Crippen LogP contribution in [-0.2, 0) is 34.2 Å². The lowest BCUT2D eigenvalue weighted by Gasteiger charge is -2.32. The molecule has 1 aliphatic carbocycles. The van der Waals surface area contributed by atoms with Crippen molar-refractivity contribution in [2.24, 2.45) is 5.92 Å². The highest BCUT2D eigenvalue weighted by molar-refractivity contribution is 7.89. The van der Waals surface area contributed by atoms with Gasteiger partial charge in [-0.1, -0.05) is 24.3 Å². The molecular weight excluding hydrogens is 415 g/mol. The molecule has 1 heterocycles. The van der Waals surface area contributed by atoms with Crippen LogP contribution in [0.1, 0.15) is 42.4 Å². The number of rotatable bonds is 5. The van der Waals surface area contributed by atoms with Crippen molar-refractivity contribution in [3.63, 3.8) is 0 Å². The average Bonchev–Trinajstić information content (AvgIpc) is 2.79. The predicted molar refractivity (Wildman–Crippen MR) is 117 cm³/mol. The van der Waals surface area contributed by atoms with E-state index in [2.05, 4.69) is 0 Å². The molecule has 0 N–H and O–H groups in total. The number of piperidine rings is 1. The molecule has 0 radical (unpaired) electrons. The topological polar surface area (TPSA) is 57.7 Å². The van der Waals surface area contributed by atoms with Crippen LogP contribution in [0.5, 0.6) is 0 Å². The summed E-state index contributed by atoms with van der Waals surface area (Å²) in [7, 11) is -1.89. The van der Waals surface area contributed by atoms with E-state index in [0.29, 0.717) is 36.4 Å². The van der Waals surface area contributed by atoms with Gasteiger partial charge in [0.15, 0.2) is 0 Å². The first kappa shape index (κ1) is 22.0. The molecule has 7 heteroatoms. The Labute approximate surface area is 183 Å². The standard InChI is InChI=1S/C24H29FN2O3S/c1-26(17-21-8-4-5-9-23(21)25)24(28)19-12-14-27(15-13-19)31(29,30)22-11-10-18-6-2-3-7-20(18)16-22/h4-5,8-11,16,19H,2-3,6-7,12-15,17H2,1H3. The molecule has 0 unspecified atom stereocenters. The number of benzene rings is 2. The zero-order valence-electron chi connectivity index (χ0n) is 17.9. The van der Waals surface area contributed by atoms with Gasteiger partial charge < -0.3 is 4.90 Å². The van der Waals surface area contributed by atoms with E-state index in [9.17, 15) is 17.6 Å². The van der Waals surface area contributed by atoms with E-state index in [-0.39, 0.29) is 24.2 Å². The molecule has 1 saturated heterocycles.